The number of rotatable bonds is 6. The molecule has 0 atom stereocenters. The lowest BCUT2D eigenvalue weighted by Crippen LogP contribution is -2.20. The molecule has 0 aliphatic rings. The maximum absolute atomic E-state index is 12.8. The Kier molecular flexibility index (Phi) is 5.52. The standard InChI is InChI=1S/C20H23N3O2S/c1-4-6-11-23-12-21-19-16(20(23)25)13(3)17(26-19)18(24)22-15-10-8-7-9-14(15)5-2/h7-10,12H,4-6,11H2,1-3H3,(H,22,24). The number of carbonyl (C=O) groups is 1. The van der Waals surface area contributed by atoms with Gasteiger partial charge in [-0.2, -0.15) is 0 Å². The van der Waals surface area contributed by atoms with Crippen LogP contribution in [0.15, 0.2) is 35.4 Å². The number of aromatic nitrogens is 2. The topological polar surface area (TPSA) is 64.0 Å². The highest BCUT2D eigenvalue weighted by Gasteiger charge is 2.20. The molecule has 2 heterocycles. The molecule has 5 nitrogen and oxygen atoms in total. The molecular formula is C20H23N3O2S. The Labute approximate surface area is 156 Å². The second-order valence-electron chi connectivity index (χ2n) is 6.30. The largest absolute Gasteiger partial charge is 0.321 e. The van der Waals surface area contributed by atoms with Gasteiger partial charge in [-0.25, -0.2) is 4.98 Å². The van der Waals surface area contributed by atoms with E-state index in [1.54, 1.807) is 10.9 Å². The molecule has 0 bridgehead atoms. The Morgan fingerprint density at radius 1 is 1.27 bits per heavy atom. The van der Waals surface area contributed by atoms with Crippen LogP contribution in [0.1, 0.15) is 47.5 Å². The van der Waals surface area contributed by atoms with Crippen LogP contribution in [-0.2, 0) is 13.0 Å². The Morgan fingerprint density at radius 2 is 2.04 bits per heavy atom. The van der Waals surface area contributed by atoms with Crippen molar-refractivity contribution in [3.63, 3.8) is 0 Å². The van der Waals surface area contributed by atoms with Crippen LogP contribution in [-0.4, -0.2) is 15.5 Å². The summed E-state index contributed by atoms with van der Waals surface area (Å²) < 4.78 is 1.64. The molecule has 2 aromatic heterocycles. The van der Waals surface area contributed by atoms with E-state index in [4.69, 9.17) is 0 Å². The van der Waals surface area contributed by atoms with Gasteiger partial charge in [-0.1, -0.05) is 38.5 Å². The van der Waals surface area contributed by atoms with Gasteiger partial charge in [-0.15, -0.1) is 11.3 Å². The number of para-hydroxylation sites is 1. The molecular weight excluding hydrogens is 346 g/mol. The zero-order chi connectivity index (χ0) is 18.7. The van der Waals surface area contributed by atoms with Gasteiger partial charge in [0.15, 0.2) is 0 Å². The maximum atomic E-state index is 12.8. The summed E-state index contributed by atoms with van der Waals surface area (Å²) in [7, 11) is 0. The summed E-state index contributed by atoms with van der Waals surface area (Å²) in [5.41, 5.74) is 2.54. The summed E-state index contributed by atoms with van der Waals surface area (Å²) in [5.74, 6) is -0.189. The Morgan fingerprint density at radius 3 is 2.77 bits per heavy atom. The summed E-state index contributed by atoms with van der Waals surface area (Å²) in [6, 6.07) is 7.76. The Bertz CT molecular complexity index is 1000. The normalized spacial score (nSPS) is 11.0. The zero-order valence-corrected chi connectivity index (χ0v) is 16.2. The van der Waals surface area contributed by atoms with Gasteiger partial charge in [-0.05, 0) is 37.0 Å². The summed E-state index contributed by atoms with van der Waals surface area (Å²) >= 11 is 1.27. The number of nitrogens with one attached hydrogen (secondary N) is 1. The van der Waals surface area contributed by atoms with Crippen molar-refractivity contribution < 1.29 is 4.79 Å². The third-order valence-corrected chi connectivity index (χ3v) is 5.72. The lowest BCUT2D eigenvalue weighted by Gasteiger charge is -2.09. The van der Waals surface area contributed by atoms with E-state index in [1.807, 2.05) is 31.2 Å². The first-order valence-corrected chi connectivity index (χ1v) is 9.76. The van der Waals surface area contributed by atoms with E-state index in [9.17, 15) is 9.59 Å². The molecule has 136 valence electrons. The quantitative estimate of drug-likeness (QED) is 0.701. The van der Waals surface area contributed by atoms with Crippen LogP contribution >= 0.6 is 11.3 Å². The van der Waals surface area contributed by atoms with E-state index < -0.39 is 0 Å². The number of carbonyl (C=O) groups excluding carboxylic acids is 1. The Hall–Kier alpha value is -2.47. The van der Waals surface area contributed by atoms with Crippen LogP contribution in [0.2, 0.25) is 0 Å². The Balaban J connectivity index is 1.97. The number of aryl methyl sites for hydroxylation is 3. The molecule has 6 heteroatoms. The van der Waals surface area contributed by atoms with Crippen molar-refractivity contribution in [1.82, 2.24) is 9.55 Å². The molecule has 1 amide bonds. The van der Waals surface area contributed by atoms with Crippen LogP contribution < -0.4 is 10.9 Å². The second-order valence-corrected chi connectivity index (χ2v) is 7.30. The van der Waals surface area contributed by atoms with Gasteiger partial charge in [0, 0.05) is 12.2 Å². The van der Waals surface area contributed by atoms with Crippen molar-refractivity contribution in [3.05, 3.63) is 57.0 Å². The number of thiophene rings is 1. The third-order valence-electron chi connectivity index (χ3n) is 4.52. The van der Waals surface area contributed by atoms with E-state index in [0.29, 0.717) is 27.2 Å². The van der Waals surface area contributed by atoms with Gasteiger partial charge in [0.1, 0.15) is 4.83 Å². The first-order chi connectivity index (χ1) is 12.6. The minimum absolute atomic E-state index is 0.0646. The van der Waals surface area contributed by atoms with E-state index in [-0.39, 0.29) is 11.5 Å². The van der Waals surface area contributed by atoms with Gasteiger partial charge < -0.3 is 5.32 Å². The molecule has 1 N–H and O–H groups in total. The van der Waals surface area contributed by atoms with E-state index in [2.05, 4.69) is 24.1 Å². The highest BCUT2D eigenvalue weighted by Crippen LogP contribution is 2.28. The van der Waals surface area contributed by atoms with Gasteiger partial charge >= 0.3 is 0 Å². The summed E-state index contributed by atoms with van der Waals surface area (Å²) in [6.45, 7) is 6.62. The van der Waals surface area contributed by atoms with E-state index >= 15 is 0 Å². The molecule has 3 rings (SSSR count). The highest BCUT2D eigenvalue weighted by atomic mass is 32.1. The lowest BCUT2D eigenvalue weighted by molar-refractivity contribution is 0.103. The molecule has 1 aromatic carbocycles. The molecule has 26 heavy (non-hydrogen) atoms. The zero-order valence-electron chi connectivity index (χ0n) is 15.3. The average molecular weight is 369 g/mol. The summed E-state index contributed by atoms with van der Waals surface area (Å²) in [5, 5.41) is 3.54. The van der Waals surface area contributed by atoms with Crippen molar-refractivity contribution in [2.45, 2.75) is 46.6 Å². The molecule has 0 saturated heterocycles. The molecule has 0 spiro atoms. The van der Waals surface area contributed by atoms with Gasteiger partial charge in [0.2, 0.25) is 0 Å². The first kappa shape index (κ1) is 18.3. The monoisotopic (exact) mass is 369 g/mol. The van der Waals surface area contributed by atoms with Gasteiger partial charge in [-0.3, -0.25) is 14.2 Å². The van der Waals surface area contributed by atoms with Crippen LogP contribution in [0.25, 0.3) is 10.2 Å². The number of hydrogen-bond donors (Lipinski definition) is 1. The number of hydrogen-bond acceptors (Lipinski definition) is 4. The second kappa shape index (κ2) is 7.83. The fourth-order valence-electron chi connectivity index (χ4n) is 2.99. The van der Waals surface area contributed by atoms with Crippen molar-refractivity contribution in [1.29, 1.82) is 0 Å². The number of nitrogens with zero attached hydrogens (tertiary/aromatic N) is 2. The summed E-state index contributed by atoms with van der Waals surface area (Å²) in [6.07, 6.45) is 4.37. The minimum atomic E-state index is -0.189. The van der Waals surface area contributed by atoms with Gasteiger partial charge in [0.25, 0.3) is 11.5 Å². The van der Waals surface area contributed by atoms with Crippen LogP contribution in [0, 0.1) is 6.92 Å². The van der Waals surface area contributed by atoms with Crippen LogP contribution in [0.5, 0.6) is 0 Å². The fourth-order valence-corrected chi connectivity index (χ4v) is 4.03. The van der Waals surface area contributed by atoms with Crippen LogP contribution in [0.3, 0.4) is 0 Å². The van der Waals surface area contributed by atoms with Crippen molar-refractivity contribution in [3.8, 4) is 0 Å². The smallest absolute Gasteiger partial charge is 0.266 e. The van der Waals surface area contributed by atoms with E-state index in [0.717, 1.165) is 30.5 Å². The van der Waals surface area contributed by atoms with Crippen LogP contribution in [0.4, 0.5) is 5.69 Å². The first-order valence-electron chi connectivity index (χ1n) is 8.94. The number of fused-ring (bicyclic) bond motifs is 1. The predicted octanol–water partition coefficient (Wildman–Crippen LogP) is 4.38. The lowest BCUT2D eigenvalue weighted by atomic mass is 10.1. The molecule has 3 aromatic rings. The van der Waals surface area contributed by atoms with Gasteiger partial charge in [0.05, 0.1) is 16.6 Å². The predicted molar refractivity (Wildman–Crippen MR) is 107 cm³/mol. The average Bonchev–Trinajstić information content (AvgIpc) is 2.99. The number of benzene rings is 1. The minimum Gasteiger partial charge on any atom is -0.321 e. The SMILES string of the molecule is CCCCn1cnc2sc(C(=O)Nc3ccccc3CC)c(C)c2c1=O. The number of anilines is 1. The summed E-state index contributed by atoms with van der Waals surface area (Å²) in [4.78, 5) is 31.1. The maximum Gasteiger partial charge on any atom is 0.266 e. The molecule has 0 fully saturated rings. The number of unbranched alkanes of at least 4 members (excludes halogenated alkanes) is 1. The fraction of sp³-hybridized carbons (Fsp3) is 0.350. The highest BCUT2D eigenvalue weighted by molar-refractivity contribution is 7.20. The van der Waals surface area contributed by atoms with E-state index in [1.165, 1.54) is 11.3 Å². The number of amides is 1. The molecule has 0 unspecified atom stereocenters. The molecule has 0 aliphatic carbocycles. The molecule has 0 radical (unpaired) electrons. The molecule has 0 saturated carbocycles. The third kappa shape index (κ3) is 3.42. The molecule has 0 aliphatic heterocycles. The van der Waals surface area contributed by atoms with Crippen molar-refractivity contribution >= 4 is 33.1 Å². The van der Waals surface area contributed by atoms with Crippen molar-refractivity contribution in [2.24, 2.45) is 0 Å². The van der Waals surface area contributed by atoms with Crippen molar-refractivity contribution in [2.75, 3.05) is 5.32 Å².